The van der Waals surface area contributed by atoms with Crippen molar-refractivity contribution in [1.82, 2.24) is 9.88 Å². The number of aryl methyl sites for hydroxylation is 1. The Bertz CT molecular complexity index is 462. The van der Waals surface area contributed by atoms with E-state index in [4.69, 9.17) is 0 Å². The number of nitrogens with zero attached hydrogens (tertiary/aromatic N) is 2. The van der Waals surface area contributed by atoms with Crippen molar-refractivity contribution < 1.29 is 4.79 Å². The van der Waals surface area contributed by atoms with E-state index in [2.05, 4.69) is 24.1 Å². The van der Waals surface area contributed by atoms with Crippen LogP contribution in [-0.2, 0) is 0 Å². The van der Waals surface area contributed by atoms with E-state index < -0.39 is 0 Å². The third-order valence-electron chi connectivity index (χ3n) is 3.83. The lowest BCUT2D eigenvalue weighted by Gasteiger charge is -2.17. The third-order valence-corrected chi connectivity index (χ3v) is 3.83. The van der Waals surface area contributed by atoms with Gasteiger partial charge in [-0.15, -0.1) is 0 Å². The molecule has 0 aromatic carbocycles. The first-order valence-electron chi connectivity index (χ1n) is 7.03. The highest BCUT2D eigenvalue weighted by Gasteiger charge is 2.30. The van der Waals surface area contributed by atoms with Gasteiger partial charge in [-0.2, -0.15) is 0 Å². The van der Waals surface area contributed by atoms with E-state index in [0.29, 0.717) is 11.8 Å². The topological polar surface area (TPSA) is 45.2 Å². The summed E-state index contributed by atoms with van der Waals surface area (Å²) in [5.74, 6) is 2.08. The maximum atomic E-state index is 12.5. The van der Waals surface area contributed by atoms with Crippen molar-refractivity contribution >= 4 is 11.7 Å². The average molecular weight is 261 g/mol. The van der Waals surface area contributed by atoms with Crippen LogP contribution in [0.25, 0.3) is 0 Å². The summed E-state index contributed by atoms with van der Waals surface area (Å²) in [6.07, 6.45) is 0. The van der Waals surface area contributed by atoms with Gasteiger partial charge in [-0.25, -0.2) is 4.98 Å². The van der Waals surface area contributed by atoms with Gasteiger partial charge in [-0.3, -0.25) is 4.79 Å². The fourth-order valence-corrected chi connectivity index (χ4v) is 2.54. The van der Waals surface area contributed by atoms with Gasteiger partial charge in [-0.1, -0.05) is 13.8 Å². The molecular weight excluding hydrogens is 238 g/mol. The lowest BCUT2D eigenvalue weighted by atomic mass is 10.0. The summed E-state index contributed by atoms with van der Waals surface area (Å²) in [5, 5.41) is 3.17. The summed E-state index contributed by atoms with van der Waals surface area (Å²) in [7, 11) is 0. The maximum absolute atomic E-state index is 12.5. The molecule has 1 fully saturated rings. The number of carbonyl (C=O) groups is 1. The fourth-order valence-electron chi connectivity index (χ4n) is 2.54. The fraction of sp³-hybridized carbons (Fsp3) is 0.600. The molecule has 19 heavy (non-hydrogen) atoms. The molecule has 4 heteroatoms. The van der Waals surface area contributed by atoms with Crippen LogP contribution in [0, 0.1) is 18.8 Å². The molecule has 0 aliphatic carbocycles. The minimum Gasteiger partial charge on any atom is -0.370 e. The summed E-state index contributed by atoms with van der Waals surface area (Å²) in [5.41, 5.74) is 1.62. The number of pyridine rings is 1. The van der Waals surface area contributed by atoms with E-state index in [0.717, 1.165) is 36.7 Å². The molecule has 1 saturated heterocycles. The van der Waals surface area contributed by atoms with E-state index in [1.54, 1.807) is 0 Å². The molecule has 0 saturated carbocycles. The van der Waals surface area contributed by atoms with Gasteiger partial charge in [0.2, 0.25) is 0 Å². The van der Waals surface area contributed by atoms with E-state index in [1.807, 2.05) is 30.9 Å². The number of carbonyl (C=O) groups excluding carboxylic acids is 1. The van der Waals surface area contributed by atoms with Gasteiger partial charge < -0.3 is 10.2 Å². The minimum atomic E-state index is 0.126. The number of hydrogen-bond acceptors (Lipinski definition) is 3. The van der Waals surface area contributed by atoms with Crippen molar-refractivity contribution in [3.63, 3.8) is 0 Å². The second kappa shape index (κ2) is 5.59. The minimum absolute atomic E-state index is 0.126. The van der Waals surface area contributed by atoms with Crippen LogP contribution in [-0.4, -0.2) is 35.4 Å². The lowest BCUT2D eigenvalue weighted by molar-refractivity contribution is 0.0785. The van der Waals surface area contributed by atoms with Gasteiger partial charge in [0, 0.05) is 30.9 Å². The second-order valence-electron chi connectivity index (χ2n) is 5.58. The first-order valence-corrected chi connectivity index (χ1v) is 7.03. The van der Waals surface area contributed by atoms with Gasteiger partial charge in [-0.05, 0) is 37.8 Å². The smallest absolute Gasteiger partial charge is 0.254 e. The van der Waals surface area contributed by atoms with Crippen molar-refractivity contribution in [3.8, 4) is 0 Å². The van der Waals surface area contributed by atoms with Crippen molar-refractivity contribution in [2.45, 2.75) is 27.7 Å². The lowest BCUT2D eigenvalue weighted by Crippen LogP contribution is -2.29. The van der Waals surface area contributed by atoms with Crippen molar-refractivity contribution in [1.29, 1.82) is 0 Å². The van der Waals surface area contributed by atoms with Crippen LogP contribution in [0.5, 0.6) is 0 Å². The van der Waals surface area contributed by atoms with Crippen molar-refractivity contribution in [2.75, 3.05) is 25.0 Å². The second-order valence-corrected chi connectivity index (χ2v) is 5.58. The molecule has 2 heterocycles. The van der Waals surface area contributed by atoms with Crippen LogP contribution in [0.2, 0.25) is 0 Å². The van der Waals surface area contributed by atoms with Crippen LogP contribution in [0.3, 0.4) is 0 Å². The summed E-state index contributed by atoms with van der Waals surface area (Å²) in [6, 6.07) is 3.73. The monoisotopic (exact) mass is 261 g/mol. The zero-order chi connectivity index (χ0) is 14.0. The van der Waals surface area contributed by atoms with E-state index >= 15 is 0 Å². The number of nitrogens with one attached hydrogen (secondary N) is 1. The van der Waals surface area contributed by atoms with Crippen LogP contribution in [0.4, 0.5) is 5.82 Å². The maximum Gasteiger partial charge on any atom is 0.254 e. The highest BCUT2D eigenvalue weighted by molar-refractivity contribution is 5.95. The largest absolute Gasteiger partial charge is 0.370 e. The molecule has 0 radical (unpaired) electrons. The molecule has 0 bridgehead atoms. The standard InChI is InChI=1S/C15H23N3O/c1-5-16-14-7-13(6-12(4)17-14)15(19)18-8-10(2)11(3)9-18/h6-7,10-11H,5,8-9H2,1-4H3,(H,16,17). The number of anilines is 1. The van der Waals surface area contributed by atoms with Crippen molar-refractivity contribution in [2.24, 2.45) is 11.8 Å². The Kier molecular flexibility index (Phi) is 4.08. The van der Waals surface area contributed by atoms with Crippen LogP contribution < -0.4 is 5.32 Å². The molecular formula is C15H23N3O. The van der Waals surface area contributed by atoms with E-state index in [1.165, 1.54) is 0 Å². The Balaban J connectivity index is 2.19. The van der Waals surface area contributed by atoms with Gasteiger partial charge in [0.25, 0.3) is 5.91 Å². The molecule has 1 N–H and O–H groups in total. The highest BCUT2D eigenvalue weighted by Crippen LogP contribution is 2.24. The van der Waals surface area contributed by atoms with Gasteiger partial charge in [0.1, 0.15) is 5.82 Å². The molecule has 104 valence electrons. The zero-order valence-corrected chi connectivity index (χ0v) is 12.2. The Morgan fingerprint density at radius 3 is 2.58 bits per heavy atom. The first kappa shape index (κ1) is 13.8. The van der Waals surface area contributed by atoms with Crippen LogP contribution >= 0.6 is 0 Å². The van der Waals surface area contributed by atoms with Crippen LogP contribution in [0.1, 0.15) is 36.8 Å². The Hall–Kier alpha value is -1.58. The predicted molar refractivity (Wildman–Crippen MR) is 77.4 cm³/mol. The van der Waals surface area contributed by atoms with E-state index in [9.17, 15) is 4.79 Å². The molecule has 2 rings (SSSR count). The summed E-state index contributed by atoms with van der Waals surface area (Å²) < 4.78 is 0. The third kappa shape index (κ3) is 3.06. The van der Waals surface area contributed by atoms with Crippen molar-refractivity contribution in [3.05, 3.63) is 23.4 Å². The van der Waals surface area contributed by atoms with Crippen LogP contribution in [0.15, 0.2) is 12.1 Å². The quantitative estimate of drug-likeness (QED) is 0.909. The number of rotatable bonds is 3. The first-order chi connectivity index (χ1) is 9.01. The summed E-state index contributed by atoms with van der Waals surface area (Å²) >= 11 is 0. The van der Waals surface area contributed by atoms with Gasteiger partial charge in [0.15, 0.2) is 0 Å². The molecule has 1 aromatic rings. The molecule has 2 unspecified atom stereocenters. The zero-order valence-electron chi connectivity index (χ0n) is 12.2. The number of aromatic nitrogens is 1. The summed E-state index contributed by atoms with van der Waals surface area (Å²) in [4.78, 5) is 18.9. The Morgan fingerprint density at radius 2 is 2.00 bits per heavy atom. The molecule has 1 amide bonds. The van der Waals surface area contributed by atoms with E-state index in [-0.39, 0.29) is 5.91 Å². The SMILES string of the molecule is CCNc1cc(C(=O)N2CC(C)C(C)C2)cc(C)n1. The average Bonchev–Trinajstić information content (AvgIpc) is 2.68. The van der Waals surface area contributed by atoms with Gasteiger partial charge >= 0.3 is 0 Å². The Labute approximate surface area is 115 Å². The normalized spacial score (nSPS) is 22.6. The molecule has 2 atom stereocenters. The highest BCUT2D eigenvalue weighted by atomic mass is 16.2. The number of likely N-dealkylation sites (tertiary alicyclic amines) is 1. The predicted octanol–water partition coefficient (Wildman–Crippen LogP) is 2.55. The summed E-state index contributed by atoms with van der Waals surface area (Å²) in [6.45, 7) is 10.9. The molecule has 0 spiro atoms. The van der Waals surface area contributed by atoms with Gasteiger partial charge in [0.05, 0.1) is 0 Å². The number of hydrogen-bond donors (Lipinski definition) is 1. The molecule has 4 nitrogen and oxygen atoms in total. The Morgan fingerprint density at radius 1 is 1.37 bits per heavy atom. The molecule has 1 aliphatic heterocycles. The molecule has 1 aliphatic rings. The number of amides is 1. The molecule has 1 aromatic heterocycles.